The highest BCUT2D eigenvalue weighted by molar-refractivity contribution is 7.90. The van der Waals surface area contributed by atoms with Crippen molar-refractivity contribution in [3.05, 3.63) is 29.3 Å². The minimum Gasteiger partial charge on any atom is -0.335 e. The third kappa shape index (κ3) is 3.10. The molecule has 1 saturated heterocycles. The van der Waals surface area contributed by atoms with Crippen LogP contribution in [0.15, 0.2) is 23.1 Å². The van der Waals surface area contributed by atoms with Gasteiger partial charge in [-0.2, -0.15) is 0 Å². The van der Waals surface area contributed by atoms with Gasteiger partial charge in [-0.1, -0.05) is 32.8 Å². The molecule has 1 aliphatic carbocycles. The Hall–Kier alpha value is -1.36. The second-order valence-corrected chi connectivity index (χ2v) is 9.38. The fraction of sp³-hybridized carbons (Fsp3) is 0.632. The van der Waals surface area contributed by atoms with E-state index in [1.807, 2.05) is 11.8 Å². The standard InChI is InChI=1S/C19H27NO3S/c1-4-14-9-10-15(11-18(14)24(3,22)23)19(21)20-12-13(2)16-7-5-6-8-17(16)20/h9-11,13,16-17H,4-8,12H2,1-3H3/t13-,16-,17+/m0/s1. The van der Waals surface area contributed by atoms with Crippen LogP contribution in [0, 0.1) is 11.8 Å². The summed E-state index contributed by atoms with van der Waals surface area (Å²) in [5.74, 6) is 1.12. The molecule has 0 unspecified atom stereocenters. The normalized spacial score (nSPS) is 27.1. The van der Waals surface area contributed by atoms with E-state index in [1.165, 1.54) is 25.5 Å². The Bertz CT molecular complexity index is 741. The predicted octanol–water partition coefficient (Wildman–Crippen LogP) is 3.30. The number of carbonyl (C=O) groups is 1. The van der Waals surface area contributed by atoms with Crippen LogP contribution in [0.2, 0.25) is 0 Å². The lowest BCUT2D eigenvalue weighted by Gasteiger charge is -2.32. The zero-order valence-electron chi connectivity index (χ0n) is 14.8. The minimum absolute atomic E-state index is 0.0104. The van der Waals surface area contributed by atoms with Gasteiger partial charge in [0.05, 0.1) is 4.90 Å². The summed E-state index contributed by atoms with van der Waals surface area (Å²) in [5.41, 5.74) is 1.28. The molecule has 24 heavy (non-hydrogen) atoms. The second kappa shape index (κ2) is 6.51. The fourth-order valence-electron chi connectivity index (χ4n) is 4.50. The van der Waals surface area contributed by atoms with Crippen molar-refractivity contribution in [1.82, 2.24) is 4.90 Å². The van der Waals surface area contributed by atoms with Gasteiger partial charge in [0, 0.05) is 24.4 Å². The lowest BCUT2D eigenvalue weighted by molar-refractivity contribution is 0.0690. The molecule has 2 aliphatic rings. The molecule has 2 fully saturated rings. The average molecular weight is 349 g/mol. The first-order chi connectivity index (χ1) is 11.3. The maximum Gasteiger partial charge on any atom is 0.254 e. The van der Waals surface area contributed by atoms with Gasteiger partial charge >= 0.3 is 0 Å². The SMILES string of the molecule is CCc1ccc(C(=O)N2C[C@H](C)[C@@H]3CCCC[C@H]32)cc1S(C)(=O)=O. The van der Waals surface area contributed by atoms with Crippen LogP contribution in [-0.4, -0.2) is 38.1 Å². The number of carbonyl (C=O) groups excluding carboxylic acids is 1. The molecule has 0 radical (unpaired) electrons. The van der Waals surface area contributed by atoms with E-state index >= 15 is 0 Å². The molecule has 0 N–H and O–H groups in total. The molecule has 1 saturated carbocycles. The summed E-state index contributed by atoms with van der Waals surface area (Å²) in [6, 6.07) is 5.49. The van der Waals surface area contributed by atoms with Gasteiger partial charge in [-0.3, -0.25) is 4.79 Å². The van der Waals surface area contributed by atoms with Crippen LogP contribution in [0.25, 0.3) is 0 Å². The van der Waals surface area contributed by atoms with Crippen molar-refractivity contribution in [2.24, 2.45) is 11.8 Å². The molecule has 0 spiro atoms. The number of likely N-dealkylation sites (tertiary alicyclic amines) is 1. The average Bonchev–Trinajstić information content (AvgIpc) is 2.90. The van der Waals surface area contributed by atoms with Crippen molar-refractivity contribution in [2.45, 2.75) is 56.9 Å². The molecule has 4 nitrogen and oxygen atoms in total. The molecule has 1 amide bonds. The summed E-state index contributed by atoms with van der Waals surface area (Å²) in [5, 5.41) is 0. The highest BCUT2D eigenvalue weighted by Gasteiger charge is 2.42. The second-order valence-electron chi connectivity index (χ2n) is 7.40. The number of benzene rings is 1. The lowest BCUT2D eigenvalue weighted by atomic mass is 9.80. The number of aryl methyl sites for hydroxylation is 1. The Morgan fingerprint density at radius 2 is 1.96 bits per heavy atom. The van der Waals surface area contributed by atoms with Crippen LogP contribution >= 0.6 is 0 Å². The number of amides is 1. The Balaban J connectivity index is 1.93. The van der Waals surface area contributed by atoms with E-state index in [0.29, 0.717) is 34.8 Å². The Labute approximate surface area is 145 Å². The summed E-state index contributed by atoms with van der Waals surface area (Å²) in [6.45, 7) is 4.95. The van der Waals surface area contributed by atoms with E-state index in [0.717, 1.165) is 18.5 Å². The summed E-state index contributed by atoms with van der Waals surface area (Å²) in [7, 11) is -3.33. The number of fused-ring (bicyclic) bond motifs is 1. The van der Waals surface area contributed by atoms with Gasteiger partial charge in [-0.05, 0) is 48.8 Å². The van der Waals surface area contributed by atoms with Crippen LogP contribution in [0.1, 0.15) is 55.5 Å². The van der Waals surface area contributed by atoms with Crippen LogP contribution in [0.4, 0.5) is 0 Å². The zero-order valence-corrected chi connectivity index (χ0v) is 15.6. The van der Waals surface area contributed by atoms with E-state index < -0.39 is 9.84 Å². The van der Waals surface area contributed by atoms with Crippen molar-refractivity contribution < 1.29 is 13.2 Å². The van der Waals surface area contributed by atoms with Gasteiger partial charge in [0.25, 0.3) is 5.91 Å². The monoisotopic (exact) mass is 349 g/mol. The van der Waals surface area contributed by atoms with E-state index in [-0.39, 0.29) is 5.91 Å². The first kappa shape index (κ1) is 17.5. The number of rotatable bonds is 3. The first-order valence-electron chi connectivity index (χ1n) is 8.97. The Morgan fingerprint density at radius 1 is 1.25 bits per heavy atom. The molecular formula is C19H27NO3S. The maximum atomic E-state index is 13.1. The van der Waals surface area contributed by atoms with Gasteiger partial charge in [0.15, 0.2) is 9.84 Å². The molecule has 1 aromatic carbocycles. The Kier molecular flexibility index (Phi) is 4.73. The largest absolute Gasteiger partial charge is 0.335 e. The molecule has 3 rings (SSSR count). The summed E-state index contributed by atoms with van der Waals surface area (Å²) in [6.07, 6.45) is 6.58. The lowest BCUT2D eigenvalue weighted by Crippen LogP contribution is -2.39. The maximum absolute atomic E-state index is 13.1. The third-order valence-electron chi connectivity index (χ3n) is 5.75. The van der Waals surface area contributed by atoms with Gasteiger partial charge in [0.1, 0.15) is 0 Å². The highest BCUT2D eigenvalue weighted by Crippen LogP contribution is 2.40. The quantitative estimate of drug-likeness (QED) is 0.841. The summed E-state index contributed by atoms with van der Waals surface area (Å²) >= 11 is 0. The molecule has 3 atom stereocenters. The van der Waals surface area contributed by atoms with Crippen LogP contribution in [-0.2, 0) is 16.3 Å². The Morgan fingerprint density at radius 3 is 2.62 bits per heavy atom. The fourth-order valence-corrected chi connectivity index (χ4v) is 5.53. The van der Waals surface area contributed by atoms with E-state index in [4.69, 9.17) is 0 Å². The third-order valence-corrected chi connectivity index (χ3v) is 6.93. The van der Waals surface area contributed by atoms with Crippen LogP contribution < -0.4 is 0 Å². The molecule has 0 bridgehead atoms. The number of sulfone groups is 1. The van der Waals surface area contributed by atoms with E-state index in [2.05, 4.69) is 6.92 Å². The molecule has 132 valence electrons. The molecule has 1 heterocycles. The van der Waals surface area contributed by atoms with Crippen LogP contribution in [0.5, 0.6) is 0 Å². The minimum atomic E-state index is -3.33. The predicted molar refractivity (Wildman–Crippen MR) is 94.9 cm³/mol. The van der Waals surface area contributed by atoms with Crippen molar-refractivity contribution in [3.63, 3.8) is 0 Å². The summed E-state index contributed by atoms with van der Waals surface area (Å²) < 4.78 is 24.1. The molecule has 5 heteroatoms. The van der Waals surface area contributed by atoms with E-state index in [1.54, 1.807) is 18.2 Å². The molecule has 1 aromatic rings. The van der Waals surface area contributed by atoms with E-state index in [9.17, 15) is 13.2 Å². The van der Waals surface area contributed by atoms with Gasteiger partial charge < -0.3 is 4.90 Å². The van der Waals surface area contributed by atoms with Gasteiger partial charge in [-0.25, -0.2) is 8.42 Å². The number of hydrogen-bond donors (Lipinski definition) is 0. The van der Waals surface area contributed by atoms with Crippen molar-refractivity contribution in [2.75, 3.05) is 12.8 Å². The van der Waals surface area contributed by atoms with Crippen molar-refractivity contribution in [1.29, 1.82) is 0 Å². The number of nitrogens with zero attached hydrogens (tertiary/aromatic N) is 1. The smallest absolute Gasteiger partial charge is 0.254 e. The summed E-state index contributed by atoms with van der Waals surface area (Å²) in [4.78, 5) is 15.4. The highest BCUT2D eigenvalue weighted by atomic mass is 32.2. The van der Waals surface area contributed by atoms with Crippen LogP contribution in [0.3, 0.4) is 0 Å². The van der Waals surface area contributed by atoms with Crippen molar-refractivity contribution >= 4 is 15.7 Å². The van der Waals surface area contributed by atoms with Gasteiger partial charge in [0.2, 0.25) is 0 Å². The number of hydrogen-bond acceptors (Lipinski definition) is 3. The molecular weight excluding hydrogens is 322 g/mol. The molecule has 0 aromatic heterocycles. The molecule has 1 aliphatic heterocycles. The van der Waals surface area contributed by atoms with Gasteiger partial charge in [-0.15, -0.1) is 0 Å². The zero-order chi connectivity index (χ0) is 17.5. The topological polar surface area (TPSA) is 54.5 Å². The first-order valence-corrected chi connectivity index (χ1v) is 10.9. The van der Waals surface area contributed by atoms with Crippen molar-refractivity contribution in [3.8, 4) is 0 Å².